The molecule has 0 N–H and O–H groups in total. The van der Waals surface area contributed by atoms with Crippen LogP contribution in [0.5, 0.6) is 0 Å². The van der Waals surface area contributed by atoms with Crippen molar-refractivity contribution in [2.45, 2.75) is 51.7 Å². The fourth-order valence-corrected chi connectivity index (χ4v) is 2.06. The molecule has 2 aliphatic rings. The van der Waals surface area contributed by atoms with Crippen LogP contribution in [-0.2, 0) is 33.3 Å². The molecule has 0 bridgehead atoms. The zero-order chi connectivity index (χ0) is 13.3. The number of fused-ring (bicyclic) bond motifs is 1. The minimum absolute atomic E-state index is 0.00137. The molecule has 18 heavy (non-hydrogen) atoms. The van der Waals surface area contributed by atoms with Gasteiger partial charge in [-0.05, 0) is 6.92 Å². The molecule has 2 heterocycles. The summed E-state index contributed by atoms with van der Waals surface area (Å²) in [7, 11) is 0. The molecule has 5 atom stereocenters. The highest BCUT2D eigenvalue weighted by Crippen LogP contribution is 2.34. The molecule has 0 aromatic rings. The van der Waals surface area contributed by atoms with Crippen LogP contribution in [0.15, 0.2) is 0 Å². The van der Waals surface area contributed by atoms with Crippen LogP contribution in [0.3, 0.4) is 0 Å². The van der Waals surface area contributed by atoms with Gasteiger partial charge in [0, 0.05) is 13.8 Å². The summed E-state index contributed by atoms with van der Waals surface area (Å²) in [5.41, 5.74) is 0. The van der Waals surface area contributed by atoms with Crippen LogP contribution < -0.4 is 0 Å². The fraction of sp³-hybridized carbons (Fsp3) is 0.818. The summed E-state index contributed by atoms with van der Waals surface area (Å²) in [5, 5.41) is 0. The fourth-order valence-electron chi connectivity index (χ4n) is 2.06. The van der Waals surface area contributed by atoms with Crippen molar-refractivity contribution in [2.24, 2.45) is 0 Å². The number of rotatable bonds is 3. The van der Waals surface area contributed by atoms with Gasteiger partial charge in [-0.25, -0.2) is 0 Å². The second-order valence-corrected chi connectivity index (χ2v) is 4.22. The van der Waals surface area contributed by atoms with Gasteiger partial charge in [0.2, 0.25) is 0 Å². The molecular formula is C11H16O7. The van der Waals surface area contributed by atoms with Crippen LogP contribution in [0.1, 0.15) is 20.8 Å². The lowest BCUT2D eigenvalue weighted by atomic mass is 10.1. The lowest BCUT2D eigenvalue weighted by molar-refractivity contribution is -0.185. The molecule has 2 fully saturated rings. The van der Waals surface area contributed by atoms with E-state index in [9.17, 15) is 9.59 Å². The summed E-state index contributed by atoms with van der Waals surface area (Å²) in [6, 6.07) is 0. The molecule has 0 saturated carbocycles. The van der Waals surface area contributed by atoms with Gasteiger partial charge >= 0.3 is 11.9 Å². The first-order chi connectivity index (χ1) is 8.47. The van der Waals surface area contributed by atoms with Crippen LogP contribution >= 0.6 is 0 Å². The molecule has 0 unspecified atom stereocenters. The number of carbonyl (C=O) groups is 2. The Hall–Kier alpha value is -1.18. The van der Waals surface area contributed by atoms with E-state index in [4.69, 9.17) is 23.7 Å². The summed E-state index contributed by atoms with van der Waals surface area (Å²) in [5.74, 6) is -0.868. The van der Waals surface area contributed by atoms with Crippen molar-refractivity contribution in [3.8, 4) is 0 Å². The highest BCUT2D eigenvalue weighted by Gasteiger charge is 2.53. The molecule has 2 rings (SSSR count). The van der Waals surface area contributed by atoms with Crippen LogP contribution in [-0.4, -0.2) is 49.4 Å². The van der Waals surface area contributed by atoms with Gasteiger partial charge in [-0.1, -0.05) is 0 Å². The second-order valence-electron chi connectivity index (χ2n) is 4.22. The number of esters is 2. The standard InChI is InChI=1S/C11H16O7/c1-5(12)14-4-8-9(15-6(2)13)10-11(18-8)17-7(3)16-10/h7-11H,4H2,1-3H3/t7-,8+,9+,10+,11-/m0/s1. The van der Waals surface area contributed by atoms with E-state index in [1.165, 1.54) is 13.8 Å². The van der Waals surface area contributed by atoms with Crippen molar-refractivity contribution in [2.75, 3.05) is 6.61 Å². The zero-order valence-electron chi connectivity index (χ0n) is 10.5. The second kappa shape index (κ2) is 5.21. The number of hydrogen-bond donors (Lipinski definition) is 0. The van der Waals surface area contributed by atoms with Crippen molar-refractivity contribution in [3.63, 3.8) is 0 Å². The predicted octanol–water partition coefficient (Wildman–Crippen LogP) is -0.0325. The Morgan fingerprint density at radius 1 is 1.11 bits per heavy atom. The average Bonchev–Trinajstić information content (AvgIpc) is 2.73. The molecule has 2 aliphatic heterocycles. The SMILES string of the molecule is CC(=O)OC[C@H]1O[C@@H]2O[C@@H](C)O[C@@H]2[C@@H]1OC(C)=O. The first-order valence-electron chi connectivity index (χ1n) is 5.74. The van der Waals surface area contributed by atoms with Gasteiger partial charge in [0.15, 0.2) is 24.8 Å². The maximum Gasteiger partial charge on any atom is 0.303 e. The van der Waals surface area contributed by atoms with E-state index in [0.29, 0.717) is 0 Å². The maximum atomic E-state index is 11.1. The Balaban J connectivity index is 2.01. The van der Waals surface area contributed by atoms with Gasteiger partial charge in [-0.15, -0.1) is 0 Å². The van der Waals surface area contributed by atoms with E-state index in [1.807, 2.05) is 0 Å². The third-order valence-electron chi connectivity index (χ3n) is 2.69. The van der Waals surface area contributed by atoms with Crippen molar-refractivity contribution in [1.29, 1.82) is 0 Å². The van der Waals surface area contributed by atoms with Crippen LogP contribution in [0.2, 0.25) is 0 Å². The summed E-state index contributed by atoms with van der Waals surface area (Å²) < 4.78 is 26.4. The van der Waals surface area contributed by atoms with Gasteiger partial charge in [-0.3, -0.25) is 9.59 Å². The number of carbonyl (C=O) groups excluding carboxylic acids is 2. The first-order valence-corrected chi connectivity index (χ1v) is 5.74. The van der Waals surface area contributed by atoms with Gasteiger partial charge < -0.3 is 23.7 Å². The van der Waals surface area contributed by atoms with Gasteiger partial charge in [0.25, 0.3) is 0 Å². The molecule has 7 heteroatoms. The van der Waals surface area contributed by atoms with Crippen LogP contribution in [0.4, 0.5) is 0 Å². The molecule has 0 aliphatic carbocycles. The average molecular weight is 260 g/mol. The topological polar surface area (TPSA) is 80.3 Å². The summed E-state index contributed by atoms with van der Waals surface area (Å²) in [4.78, 5) is 21.9. The van der Waals surface area contributed by atoms with Gasteiger partial charge in [0.1, 0.15) is 12.7 Å². The summed E-state index contributed by atoms with van der Waals surface area (Å²) in [6.07, 6.45) is -2.68. The lowest BCUT2D eigenvalue weighted by Gasteiger charge is -2.21. The third kappa shape index (κ3) is 2.80. The highest BCUT2D eigenvalue weighted by molar-refractivity contribution is 5.66. The molecule has 0 radical (unpaired) electrons. The quantitative estimate of drug-likeness (QED) is 0.659. The van der Waals surface area contributed by atoms with Gasteiger partial charge in [0.05, 0.1) is 0 Å². The Morgan fingerprint density at radius 2 is 1.83 bits per heavy atom. The highest BCUT2D eigenvalue weighted by atomic mass is 16.8. The normalized spacial score (nSPS) is 38.3. The Bertz CT molecular complexity index is 342. The number of ether oxygens (including phenoxy) is 5. The van der Waals surface area contributed by atoms with Crippen molar-refractivity contribution in [1.82, 2.24) is 0 Å². The summed E-state index contributed by atoms with van der Waals surface area (Å²) in [6.45, 7) is 4.33. The van der Waals surface area contributed by atoms with E-state index < -0.39 is 42.8 Å². The van der Waals surface area contributed by atoms with Crippen LogP contribution in [0, 0.1) is 0 Å². The molecule has 0 aromatic carbocycles. The van der Waals surface area contributed by atoms with E-state index in [2.05, 4.69) is 0 Å². The Morgan fingerprint density at radius 3 is 2.44 bits per heavy atom. The van der Waals surface area contributed by atoms with E-state index in [-0.39, 0.29) is 6.61 Å². The predicted molar refractivity (Wildman–Crippen MR) is 56.3 cm³/mol. The molecular weight excluding hydrogens is 244 g/mol. The molecule has 102 valence electrons. The molecule has 2 saturated heterocycles. The monoisotopic (exact) mass is 260 g/mol. The van der Waals surface area contributed by atoms with E-state index >= 15 is 0 Å². The minimum Gasteiger partial charge on any atom is -0.463 e. The molecule has 0 aromatic heterocycles. The van der Waals surface area contributed by atoms with E-state index in [1.54, 1.807) is 6.92 Å². The smallest absolute Gasteiger partial charge is 0.303 e. The summed E-state index contributed by atoms with van der Waals surface area (Å²) >= 11 is 0. The third-order valence-corrected chi connectivity index (χ3v) is 2.69. The minimum atomic E-state index is -0.628. The molecule has 7 nitrogen and oxygen atoms in total. The maximum absolute atomic E-state index is 11.1. The largest absolute Gasteiger partial charge is 0.463 e. The lowest BCUT2D eigenvalue weighted by Crippen LogP contribution is -2.39. The van der Waals surface area contributed by atoms with Crippen molar-refractivity contribution in [3.05, 3.63) is 0 Å². The van der Waals surface area contributed by atoms with E-state index in [0.717, 1.165) is 0 Å². The molecule has 0 spiro atoms. The van der Waals surface area contributed by atoms with Crippen molar-refractivity contribution < 1.29 is 33.3 Å². The zero-order valence-corrected chi connectivity index (χ0v) is 10.5. The molecule has 0 amide bonds. The van der Waals surface area contributed by atoms with Crippen molar-refractivity contribution >= 4 is 11.9 Å². The first kappa shape index (κ1) is 13.3. The van der Waals surface area contributed by atoms with Gasteiger partial charge in [-0.2, -0.15) is 0 Å². The van der Waals surface area contributed by atoms with Crippen LogP contribution in [0.25, 0.3) is 0 Å². The Labute approximate surface area is 104 Å². The number of hydrogen-bond acceptors (Lipinski definition) is 7. The Kier molecular flexibility index (Phi) is 3.84.